The first kappa shape index (κ1) is 30.4. The quantitative estimate of drug-likeness (QED) is 0.237. The molecular weight excluding hydrogens is 546 g/mol. The molecule has 0 aliphatic carbocycles. The van der Waals surface area contributed by atoms with Crippen molar-refractivity contribution in [1.82, 2.24) is 24.2 Å². The largest absolute Gasteiger partial charge is 0.457 e. The van der Waals surface area contributed by atoms with Crippen molar-refractivity contribution in [2.24, 2.45) is 0 Å². The fourth-order valence-corrected chi connectivity index (χ4v) is 6.60. The van der Waals surface area contributed by atoms with E-state index in [4.69, 9.17) is 4.74 Å². The van der Waals surface area contributed by atoms with E-state index in [1.165, 1.54) is 53.9 Å². The van der Waals surface area contributed by atoms with E-state index < -0.39 is 0 Å². The van der Waals surface area contributed by atoms with Crippen LogP contribution in [0.4, 0.5) is 0 Å². The smallest absolute Gasteiger partial charge is 0.253 e. The van der Waals surface area contributed by atoms with Crippen LogP contribution in [0.2, 0.25) is 0 Å². The molecule has 0 unspecified atom stereocenters. The number of likely N-dealkylation sites (N-methyl/N-ethyl adjacent to an activating group) is 1. The summed E-state index contributed by atoms with van der Waals surface area (Å²) in [7, 11) is 2.21. The number of benzene rings is 3. The van der Waals surface area contributed by atoms with Crippen LogP contribution in [0.25, 0.3) is 10.9 Å². The molecule has 2 saturated heterocycles. The Hall–Kier alpha value is -3.65. The molecule has 232 valence electrons. The molecule has 2 aliphatic heterocycles. The molecule has 7 heteroatoms. The molecular formula is C37H47N5O2. The summed E-state index contributed by atoms with van der Waals surface area (Å²) < 4.78 is 8.73. The van der Waals surface area contributed by atoms with Crippen molar-refractivity contribution in [2.75, 3.05) is 72.5 Å². The third-order valence-electron chi connectivity index (χ3n) is 9.62. The van der Waals surface area contributed by atoms with Gasteiger partial charge in [0, 0.05) is 87.6 Å². The molecule has 1 aromatic heterocycles. The number of ether oxygens (including phenoxy) is 1. The van der Waals surface area contributed by atoms with Gasteiger partial charge in [-0.3, -0.25) is 9.69 Å². The van der Waals surface area contributed by atoms with Crippen molar-refractivity contribution in [2.45, 2.75) is 33.2 Å². The molecule has 0 saturated carbocycles. The Balaban J connectivity index is 1.02. The van der Waals surface area contributed by atoms with Crippen LogP contribution in [-0.2, 0) is 13.0 Å². The van der Waals surface area contributed by atoms with Gasteiger partial charge in [-0.15, -0.1) is 0 Å². The molecule has 4 aromatic rings. The molecule has 2 aliphatic rings. The second kappa shape index (κ2) is 14.0. The van der Waals surface area contributed by atoms with Gasteiger partial charge in [-0.1, -0.05) is 30.3 Å². The lowest BCUT2D eigenvalue weighted by molar-refractivity contribution is 0.0638. The van der Waals surface area contributed by atoms with Gasteiger partial charge in [0.25, 0.3) is 5.91 Å². The van der Waals surface area contributed by atoms with Crippen LogP contribution in [0, 0.1) is 13.8 Å². The Kier molecular flexibility index (Phi) is 9.65. The number of rotatable bonds is 10. The summed E-state index contributed by atoms with van der Waals surface area (Å²) in [6, 6.07) is 24.6. The Morgan fingerprint density at radius 1 is 0.727 bits per heavy atom. The molecule has 2 fully saturated rings. The molecule has 6 rings (SSSR count). The number of aromatic nitrogens is 1. The van der Waals surface area contributed by atoms with Crippen molar-refractivity contribution in [1.29, 1.82) is 0 Å². The minimum atomic E-state index is 0.0979. The van der Waals surface area contributed by atoms with E-state index in [9.17, 15) is 4.79 Å². The Labute approximate surface area is 262 Å². The first-order valence-corrected chi connectivity index (χ1v) is 16.3. The first-order valence-electron chi connectivity index (χ1n) is 16.3. The number of amides is 1. The van der Waals surface area contributed by atoms with E-state index in [-0.39, 0.29) is 5.91 Å². The number of piperazine rings is 2. The van der Waals surface area contributed by atoms with Crippen LogP contribution in [-0.4, -0.2) is 103 Å². The van der Waals surface area contributed by atoms with E-state index in [2.05, 4.69) is 88.7 Å². The lowest BCUT2D eigenvalue weighted by atomic mass is 10.1. The highest BCUT2D eigenvalue weighted by molar-refractivity contribution is 5.94. The average molecular weight is 594 g/mol. The van der Waals surface area contributed by atoms with Crippen molar-refractivity contribution in [3.63, 3.8) is 0 Å². The summed E-state index contributed by atoms with van der Waals surface area (Å²) in [4.78, 5) is 22.6. The van der Waals surface area contributed by atoms with E-state index >= 15 is 0 Å². The summed E-state index contributed by atoms with van der Waals surface area (Å²) in [6.45, 7) is 15.7. The summed E-state index contributed by atoms with van der Waals surface area (Å²) >= 11 is 0. The van der Waals surface area contributed by atoms with Gasteiger partial charge in [-0.25, -0.2) is 0 Å². The lowest BCUT2D eigenvalue weighted by Crippen LogP contribution is -2.49. The highest BCUT2D eigenvalue weighted by Gasteiger charge is 2.22. The van der Waals surface area contributed by atoms with Crippen LogP contribution in [0.15, 0.2) is 72.8 Å². The van der Waals surface area contributed by atoms with Crippen LogP contribution in [0.3, 0.4) is 0 Å². The molecule has 44 heavy (non-hydrogen) atoms. The Bertz CT molecular complexity index is 1530. The third kappa shape index (κ3) is 7.17. The maximum absolute atomic E-state index is 13.2. The molecule has 3 heterocycles. The predicted molar refractivity (Wildman–Crippen MR) is 179 cm³/mol. The van der Waals surface area contributed by atoms with Gasteiger partial charge in [0.15, 0.2) is 0 Å². The molecule has 1 amide bonds. The summed E-state index contributed by atoms with van der Waals surface area (Å²) in [5, 5.41) is 1.24. The van der Waals surface area contributed by atoms with Gasteiger partial charge in [-0.2, -0.15) is 0 Å². The number of hydrogen-bond donors (Lipinski definition) is 0. The fourth-order valence-electron chi connectivity index (χ4n) is 6.60. The third-order valence-corrected chi connectivity index (χ3v) is 9.62. The monoisotopic (exact) mass is 593 g/mol. The standard InChI is InChI=1S/C37H47N5O2/c1-29-30(2)42(18-7-17-39-22-20-38(3)21-23-39)36-15-14-34(28-35(29)36)44-33-12-10-32(11-13-33)37(43)41-26-24-40(25-27-41)19-16-31-8-5-4-6-9-31/h4-6,8-15,28H,7,16-27H2,1-3H3. The van der Waals surface area contributed by atoms with Crippen molar-refractivity contribution < 1.29 is 9.53 Å². The van der Waals surface area contributed by atoms with E-state index in [1.54, 1.807) is 0 Å². The highest BCUT2D eigenvalue weighted by Crippen LogP contribution is 2.31. The predicted octanol–water partition coefficient (Wildman–Crippen LogP) is 5.69. The number of hydrogen-bond acceptors (Lipinski definition) is 5. The highest BCUT2D eigenvalue weighted by atomic mass is 16.5. The number of fused-ring (bicyclic) bond motifs is 1. The van der Waals surface area contributed by atoms with Crippen LogP contribution in [0.1, 0.15) is 33.6 Å². The van der Waals surface area contributed by atoms with Crippen molar-refractivity contribution >= 4 is 16.8 Å². The number of aryl methyl sites for hydroxylation is 2. The maximum atomic E-state index is 13.2. The second-order valence-corrected chi connectivity index (χ2v) is 12.5. The number of nitrogens with zero attached hydrogens (tertiary/aromatic N) is 5. The Morgan fingerprint density at radius 2 is 1.39 bits per heavy atom. The number of carbonyl (C=O) groups excluding carboxylic acids is 1. The van der Waals surface area contributed by atoms with Crippen LogP contribution < -0.4 is 4.74 Å². The second-order valence-electron chi connectivity index (χ2n) is 12.5. The SMILES string of the molecule is Cc1c(C)n(CCCN2CCN(C)CC2)c2ccc(Oc3ccc(C(=O)N4CCN(CCc5ccccc5)CC4)cc3)cc12. The average Bonchev–Trinajstić information content (AvgIpc) is 3.30. The van der Waals surface area contributed by atoms with Crippen LogP contribution >= 0.6 is 0 Å². The summed E-state index contributed by atoms with van der Waals surface area (Å²) in [6.07, 6.45) is 2.20. The zero-order chi connectivity index (χ0) is 30.5. The summed E-state index contributed by atoms with van der Waals surface area (Å²) in [5.41, 5.74) is 5.99. The van der Waals surface area contributed by atoms with E-state index in [0.717, 1.165) is 70.2 Å². The zero-order valence-corrected chi connectivity index (χ0v) is 26.7. The van der Waals surface area contributed by atoms with Gasteiger partial charge >= 0.3 is 0 Å². The normalized spacial score (nSPS) is 16.9. The summed E-state index contributed by atoms with van der Waals surface area (Å²) in [5.74, 6) is 1.66. The van der Waals surface area contributed by atoms with Gasteiger partial charge in [0.1, 0.15) is 11.5 Å². The molecule has 0 bridgehead atoms. The molecule has 0 N–H and O–H groups in total. The lowest BCUT2D eigenvalue weighted by Gasteiger charge is -2.34. The molecule has 0 spiro atoms. The first-order chi connectivity index (χ1) is 21.4. The number of carbonyl (C=O) groups is 1. The van der Waals surface area contributed by atoms with Gasteiger partial charge in [-0.05, 0) is 93.9 Å². The van der Waals surface area contributed by atoms with E-state index in [0.29, 0.717) is 5.56 Å². The topological polar surface area (TPSA) is 44.2 Å². The van der Waals surface area contributed by atoms with Crippen molar-refractivity contribution in [3.05, 3.63) is 95.2 Å². The minimum absolute atomic E-state index is 0.0979. The zero-order valence-electron chi connectivity index (χ0n) is 26.7. The molecule has 0 atom stereocenters. The minimum Gasteiger partial charge on any atom is -0.457 e. The molecule has 0 radical (unpaired) electrons. The van der Waals surface area contributed by atoms with Gasteiger partial charge in [0.2, 0.25) is 0 Å². The van der Waals surface area contributed by atoms with Crippen LogP contribution in [0.5, 0.6) is 11.5 Å². The van der Waals surface area contributed by atoms with Crippen molar-refractivity contribution in [3.8, 4) is 11.5 Å². The molecule has 3 aromatic carbocycles. The Morgan fingerprint density at radius 3 is 2.11 bits per heavy atom. The van der Waals surface area contributed by atoms with E-state index in [1.807, 2.05) is 29.2 Å². The maximum Gasteiger partial charge on any atom is 0.253 e. The van der Waals surface area contributed by atoms with Gasteiger partial charge in [0.05, 0.1) is 0 Å². The van der Waals surface area contributed by atoms with Gasteiger partial charge < -0.3 is 24.0 Å². The molecule has 7 nitrogen and oxygen atoms in total. The fraction of sp³-hybridized carbons (Fsp3) is 0.432.